The van der Waals surface area contributed by atoms with Gasteiger partial charge in [0.25, 0.3) is 0 Å². The molecule has 0 aromatic carbocycles. The van der Waals surface area contributed by atoms with Gasteiger partial charge >= 0.3 is 6.09 Å². The van der Waals surface area contributed by atoms with Crippen LogP contribution in [0.2, 0.25) is 0 Å². The third-order valence-electron chi connectivity index (χ3n) is 2.18. The molecule has 5 heteroatoms. The number of rotatable bonds is 0. The van der Waals surface area contributed by atoms with E-state index in [4.69, 9.17) is 9.47 Å². The Balaban J connectivity index is 2.76. The fourth-order valence-corrected chi connectivity index (χ4v) is 1.35. The fourth-order valence-electron chi connectivity index (χ4n) is 1.35. The molecule has 0 saturated carbocycles. The summed E-state index contributed by atoms with van der Waals surface area (Å²) in [5.74, 6) is -0.120. The van der Waals surface area contributed by atoms with Gasteiger partial charge in [-0.15, -0.1) is 0 Å². The van der Waals surface area contributed by atoms with Crippen LogP contribution in [-0.2, 0) is 14.3 Å². The number of carbonyl (C=O) groups is 2. The first-order chi connectivity index (χ1) is 7.12. The first-order valence-corrected chi connectivity index (χ1v) is 5.28. The van der Waals surface area contributed by atoms with Crippen molar-refractivity contribution in [3.8, 4) is 0 Å². The third kappa shape index (κ3) is 3.20. The van der Waals surface area contributed by atoms with Gasteiger partial charge in [0.15, 0.2) is 5.78 Å². The molecule has 1 amide bonds. The van der Waals surface area contributed by atoms with Crippen LogP contribution in [0.1, 0.15) is 34.6 Å². The van der Waals surface area contributed by atoms with Gasteiger partial charge in [-0.1, -0.05) is 0 Å². The van der Waals surface area contributed by atoms with E-state index in [2.05, 4.69) is 0 Å². The number of amides is 1. The zero-order valence-corrected chi connectivity index (χ0v) is 10.5. The summed E-state index contributed by atoms with van der Waals surface area (Å²) >= 11 is 0. The minimum Gasteiger partial charge on any atom is -0.444 e. The Kier molecular flexibility index (Phi) is 3.28. The monoisotopic (exact) mass is 229 g/mol. The number of ketones is 1. The highest BCUT2D eigenvalue weighted by Crippen LogP contribution is 2.23. The number of nitrogens with zero attached hydrogens (tertiary/aromatic N) is 1. The van der Waals surface area contributed by atoms with Gasteiger partial charge in [0.2, 0.25) is 0 Å². The van der Waals surface area contributed by atoms with Crippen molar-refractivity contribution >= 4 is 11.9 Å². The quantitative estimate of drug-likeness (QED) is 0.632. The minimum atomic E-state index is -0.795. The maximum absolute atomic E-state index is 11.8. The number of hydrogen-bond donors (Lipinski definition) is 0. The van der Waals surface area contributed by atoms with Crippen LogP contribution in [0.25, 0.3) is 0 Å². The van der Waals surface area contributed by atoms with Crippen molar-refractivity contribution in [3.05, 3.63) is 0 Å². The summed E-state index contributed by atoms with van der Waals surface area (Å²) in [6.45, 7) is 8.92. The molecular weight excluding hydrogens is 210 g/mol. The number of ether oxygens (including phenoxy) is 2. The van der Waals surface area contributed by atoms with Crippen LogP contribution in [-0.4, -0.2) is 41.3 Å². The zero-order chi connectivity index (χ0) is 12.6. The van der Waals surface area contributed by atoms with E-state index >= 15 is 0 Å². The lowest BCUT2D eigenvalue weighted by atomic mass is 10.2. The zero-order valence-electron chi connectivity index (χ0n) is 10.5. The number of Topliss-reactive ketones (excluding diaryl/α,β-unsaturated/α-hetero) is 1. The molecule has 0 aromatic heterocycles. The van der Waals surface area contributed by atoms with E-state index in [1.165, 1.54) is 4.90 Å². The van der Waals surface area contributed by atoms with Gasteiger partial charge in [-0.2, -0.15) is 0 Å². The summed E-state index contributed by atoms with van der Waals surface area (Å²) < 4.78 is 10.5. The average molecular weight is 229 g/mol. The van der Waals surface area contributed by atoms with Crippen LogP contribution in [0.4, 0.5) is 4.79 Å². The Morgan fingerprint density at radius 3 is 2.50 bits per heavy atom. The second-order valence-corrected chi connectivity index (χ2v) is 5.34. The largest absolute Gasteiger partial charge is 0.444 e. The van der Waals surface area contributed by atoms with Gasteiger partial charge in [0.1, 0.15) is 17.9 Å². The Hall–Kier alpha value is -1.10. The predicted molar refractivity (Wildman–Crippen MR) is 58.0 cm³/mol. The highest BCUT2D eigenvalue weighted by atomic mass is 16.6. The van der Waals surface area contributed by atoms with Crippen molar-refractivity contribution in [2.24, 2.45) is 0 Å². The van der Waals surface area contributed by atoms with Crippen molar-refractivity contribution in [2.75, 3.05) is 13.2 Å². The first-order valence-electron chi connectivity index (χ1n) is 5.28. The molecular formula is C11H19NO4. The van der Waals surface area contributed by atoms with Crippen LogP contribution in [0.3, 0.4) is 0 Å². The van der Waals surface area contributed by atoms with E-state index in [-0.39, 0.29) is 18.9 Å². The number of carbonyl (C=O) groups excluding carboxylic acids is 2. The molecule has 92 valence electrons. The lowest BCUT2D eigenvalue weighted by molar-refractivity contribution is -0.170. The Bertz CT molecular complexity index is 304. The molecule has 0 spiro atoms. The molecule has 0 aromatic rings. The lowest BCUT2D eigenvalue weighted by Crippen LogP contribution is -2.57. The average Bonchev–Trinajstić information content (AvgIpc) is 2.06. The van der Waals surface area contributed by atoms with Crippen molar-refractivity contribution < 1.29 is 19.1 Å². The van der Waals surface area contributed by atoms with Gasteiger partial charge in [-0.25, -0.2) is 4.79 Å². The van der Waals surface area contributed by atoms with Crippen LogP contribution in [0, 0.1) is 0 Å². The molecule has 1 heterocycles. The van der Waals surface area contributed by atoms with E-state index in [1.807, 2.05) is 0 Å². The minimum absolute atomic E-state index is 0.0436. The molecule has 0 atom stereocenters. The molecule has 0 N–H and O–H groups in total. The van der Waals surface area contributed by atoms with Crippen molar-refractivity contribution in [1.82, 2.24) is 4.90 Å². The Morgan fingerprint density at radius 1 is 1.44 bits per heavy atom. The van der Waals surface area contributed by atoms with Crippen molar-refractivity contribution in [1.29, 1.82) is 0 Å². The third-order valence-corrected chi connectivity index (χ3v) is 2.18. The molecule has 0 unspecified atom stereocenters. The van der Waals surface area contributed by atoms with E-state index in [1.54, 1.807) is 34.6 Å². The fraction of sp³-hybridized carbons (Fsp3) is 0.818. The van der Waals surface area contributed by atoms with E-state index in [0.29, 0.717) is 0 Å². The normalized spacial score (nSPS) is 20.8. The smallest absolute Gasteiger partial charge is 0.412 e. The molecule has 1 fully saturated rings. The molecule has 16 heavy (non-hydrogen) atoms. The molecule has 1 aliphatic rings. The van der Waals surface area contributed by atoms with Gasteiger partial charge in [0.05, 0.1) is 6.54 Å². The molecule has 1 rings (SSSR count). The van der Waals surface area contributed by atoms with Crippen molar-refractivity contribution in [2.45, 2.75) is 45.9 Å². The van der Waals surface area contributed by atoms with Gasteiger partial charge in [-0.05, 0) is 34.6 Å². The first kappa shape index (κ1) is 13.0. The highest BCUT2D eigenvalue weighted by molar-refractivity contribution is 5.86. The predicted octanol–water partition coefficient (Wildman–Crippen LogP) is 1.56. The summed E-state index contributed by atoms with van der Waals surface area (Å²) in [6, 6.07) is 0. The van der Waals surface area contributed by atoms with Crippen LogP contribution >= 0.6 is 0 Å². The summed E-state index contributed by atoms with van der Waals surface area (Å²) in [5, 5.41) is 0. The summed E-state index contributed by atoms with van der Waals surface area (Å²) in [4.78, 5) is 24.4. The Morgan fingerprint density at radius 2 is 2.00 bits per heavy atom. The van der Waals surface area contributed by atoms with Crippen LogP contribution < -0.4 is 0 Å². The SMILES string of the molecule is CC(C)(C)OC(=O)N1CC(=O)COC1(C)C. The molecule has 0 radical (unpaired) electrons. The molecule has 0 bridgehead atoms. The molecule has 1 aliphatic heterocycles. The van der Waals surface area contributed by atoms with E-state index in [9.17, 15) is 9.59 Å². The summed E-state index contributed by atoms with van der Waals surface area (Å²) in [6.07, 6.45) is -0.523. The molecule has 0 aliphatic carbocycles. The lowest BCUT2D eigenvalue weighted by Gasteiger charge is -2.41. The van der Waals surface area contributed by atoms with Crippen LogP contribution in [0.15, 0.2) is 0 Å². The molecule has 5 nitrogen and oxygen atoms in total. The van der Waals surface area contributed by atoms with Crippen LogP contribution in [0.5, 0.6) is 0 Å². The topological polar surface area (TPSA) is 55.8 Å². The van der Waals surface area contributed by atoms with E-state index in [0.717, 1.165) is 0 Å². The number of hydrogen-bond acceptors (Lipinski definition) is 4. The van der Waals surface area contributed by atoms with E-state index < -0.39 is 17.4 Å². The second kappa shape index (κ2) is 4.05. The highest BCUT2D eigenvalue weighted by Gasteiger charge is 2.39. The second-order valence-electron chi connectivity index (χ2n) is 5.34. The maximum atomic E-state index is 11.8. The van der Waals surface area contributed by atoms with Crippen molar-refractivity contribution in [3.63, 3.8) is 0 Å². The molecule has 1 saturated heterocycles. The van der Waals surface area contributed by atoms with Gasteiger partial charge < -0.3 is 9.47 Å². The standard InChI is InChI=1S/C11H19NO4/c1-10(2,3)16-9(14)12-6-8(13)7-15-11(12,4)5/h6-7H2,1-5H3. The Labute approximate surface area is 95.7 Å². The summed E-state index contributed by atoms with van der Waals surface area (Å²) in [5.41, 5.74) is -1.37. The van der Waals surface area contributed by atoms with Gasteiger partial charge in [0, 0.05) is 0 Å². The summed E-state index contributed by atoms with van der Waals surface area (Å²) in [7, 11) is 0. The maximum Gasteiger partial charge on any atom is 0.412 e. The van der Waals surface area contributed by atoms with Gasteiger partial charge in [-0.3, -0.25) is 9.69 Å².